The van der Waals surface area contributed by atoms with Crippen molar-refractivity contribution >= 4 is 0 Å². The Morgan fingerprint density at radius 2 is 2.09 bits per heavy atom. The van der Waals surface area contributed by atoms with Gasteiger partial charge in [0.25, 0.3) is 0 Å². The van der Waals surface area contributed by atoms with E-state index in [2.05, 4.69) is 25.2 Å². The highest BCUT2D eigenvalue weighted by molar-refractivity contribution is 5.37. The van der Waals surface area contributed by atoms with Gasteiger partial charge in [0, 0.05) is 24.2 Å². The Morgan fingerprint density at radius 1 is 1.27 bits per heavy atom. The molecule has 1 aromatic heterocycles. The van der Waals surface area contributed by atoms with Gasteiger partial charge in [-0.2, -0.15) is 0 Å². The van der Waals surface area contributed by atoms with Crippen LogP contribution >= 0.6 is 0 Å². The number of aryl methyl sites for hydroxylation is 1. The number of rotatable bonds is 4. The molecule has 0 saturated heterocycles. The van der Waals surface area contributed by atoms with Gasteiger partial charge in [-0.05, 0) is 50.0 Å². The monoisotopic (exact) mass is 295 g/mol. The maximum absolute atomic E-state index is 12.0. The van der Waals surface area contributed by atoms with Crippen molar-refractivity contribution in [1.82, 2.24) is 4.57 Å². The second-order valence-electron chi connectivity index (χ2n) is 7.56. The highest BCUT2D eigenvalue weighted by Gasteiger charge is 2.64. The van der Waals surface area contributed by atoms with Gasteiger partial charge < -0.3 is 4.57 Å². The number of hydrogen-bond acceptors (Lipinski definition) is 1. The van der Waals surface area contributed by atoms with Crippen LogP contribution < -0.4 is 5.56 Å². The van der Waals surface area contributed by atoms with Gasteiger partial charge in [-0.3, -0.25) is 4.79 Å². The molecule has 2 atom stereocenters. The number of aromatic nitrogens is 1. The minimum absolute atomic E-state index is 0.135. The molecule has 2 fully saturated rings. The summed E-state index contributed by atoms with van der Waals surface area (Å²) in [7, 11) is 0. The van der Waals surface area contributed by atoms with Gasteiger partial charge in [-0.15, -0.1) is 0 Å². The third-order valence-corrected chi connectivity index (χ3v) is 6.45. The van der Waals surface area contributed by atoms with Crippen molar-refractivity contribution in [1.29, 1.82) is 0 Å². The van der Waals surface area contributed by atoms with E-state index in [4.69, 9.17) is 0 Å². The quantitative estimate of drug-likeness (QED) is 0.810. The van der Waals surface area contributed by atoms with Crippen LogP contribution in [-0.2, 0) is 6.54 Å². The molecule has 1 heterocycles. The predicted octanol–water partition coefficient (Wildman–Crippen LogP) is 4.32. The van der Waals surface area contributed by atoms with E-state index in [0.717, 1.165) is 18.9 Å². The predicted molar refractivity (Wildman–Crippen MR) is 89.7 cm³/mol. The summed E-state index contributed by atoms with van der Waals surface area (Å²) in [5.74, 6) is 0.753. The Morgan fingerprint density at radius 3 is 2.82 bits per heavy atom. The summed E-state index contributed by atoms with van der Waals surface area (Å²) in [5.41, 5.74) is 2.38. The second-order valence-corrected chi connectivity index (χ2v) is 7.56. The molecule has 0 radical (unpaired) electrons. The fourth-order valence-corrected chi connectivity index (χ4v) is 5.12. The standard InChI is InChI=1S/C20H25NO/c1-16-7-10-20(15-17(20)14-16)19(8-3-4-9-19)11-13-21-12-5-2-6-18(21)22/h2,5-7,10,12,14,17H,3-4,8-9,11,13,15H2,1H3. The van der Waals surface area contributed by atoms with Crippen molar-refractivity contribution in [3.63, 3.8) is 0 Å². The van der Waals surface area contributed by atoms with Crippen LogP contribution in [0, 0.1) is 16.7 Å². The topological polar surface area (TPSA) is 22.0 Å². The lowest BCUT2D eigenvalue weighted by Gasteiger charge is -2.39. The summed E-state index contributed by atoms with van der Waals surface area (Å²) in [6.45, 7) is 3.08. The molecule has 0 aromatic carbocycles. The minimum atomic E-state index is 0.135. The first-order valence-electron chi connectivity index (χ1n) is 8.68. The minimum Gasteiger partial charge on any atom is -0.316 e. The van der Waals surface area contributed by atoms with Crippen LogP contribution in [0.3, 0.4) is 0 Å². The third kappa shape index (κ3) is 2.04. The summed E-state index contributed by atoms with van der Waals surface area (Å²) in [4.78, 5) is 12.0. The molecule has 3 aliphatic carbocycles. The van der Waals surface area contributed by atoms with E-state index in [1.54, 1.807) is 6.07 Å². The van der Waals surface area contributed by atoms with E-state index >= 15 is 0 Å². The van der Waals surface area contributed by atoms with Crippen LogP contribution in [0.2, 0.25) is 0 Å². The van der Waals surface area contributed by atoms with E-state index in [-0.39, 0.29) is 5.56 Å². The molecule has 2 unspecified atom stereocenters. The Balaban J connectivity index is 1.59. The molecule has 0 amide bonds. The van der Waals surface area contributed by atoms with Gasteiger partial charge in [0.2, 0.25) is 5.56 Å². The van der Waals surface area contributed by atoms with Crippen molar-refractivity contribution in [2.24, 2.45) is 16.7 Å². The molecule has 0 N–H and O–H groups in total. The van der Waals surface area contributed by atoms with Crippen LogP contribution in [0.5, 0.6) is 0 Å². The average Bonchev–Trinajstić information content (AvgIpc) is 3.05. The molecule has 0 spiro atoms. The fraction of sp³-hybridized carbons (Fsp3) is 0.550. The number of hydrogen-bond donors (Lipinski definition) is 0. The maximum atomic E-state index is 12.0. The van der Waals surface area contributed by atoms with Crippen LogP contribution in [0.15, 0.2) is 53.0 Å². The zero-order chi connectivity index (χ0) is 15.2. The zero-order valence-corrected chi connectivity index (χ0v) is 13.4. The molecule has 4 rings (SSSR count). The first-order chi connectivity index (χ1) is 10.7. The van der Waals surface area contributed by atoms with Crippen molar-refractivity contribution in [3.05, 3.63) is 58.6 Å². The molecule has 2 heteroatoms. The Labute approximate surface area is 132 Å². The van der Waals surface area contributed by atoms with Crippen LogP contribution in [0.4, 0.5) is 0 Å². The van der Waals surface area contributed by atoms with Crippen molar-refractivity contribution in [3.8, 4) is 0 Å². The molecule has 22 heavy (non-hydrogen) atoms. The average molecular weight is 295 g/mol. The first-order valence-corrected chi connectivity index (χ1v) is 8.68. The molecule has 3 aliphatic rings. The summed E-state index contributed by atoms with van der Waals surface area (Å²) < 4.78 is 1.89. The van der Waals surface area contributed by atoms with Crippen LogP contribution in [0.1, 0.15) is 45.4 Å². The lowest BCUT2D eigenvalue weighted by Crippen LogP contribution is -2.33. The Kier molecular flexibility index (Phi) is 3.18. The largest absolute Gasteiger partial charge is 0.316 e. The molecule has 2 saturated carbocycles. The maximum Gasteiger partial charge on any atom is 0.250 e. The fourth-order valence-electron chi connectivity index (χ4n) is 5.12. The van der Waals surface area contributed by atoms with Crippen molar-refractivity contribution in [2.45, 2.75) is 52.0 Å². The SMILES string of the molecule is CC1=CC2CC2(C2(CCn3ccccc3=O)CCCC2)C=C1. The number of fused-ring (bicyclic) bond motifs is 1. The van der Waals surface area contributed by atoms with E-state index in [0.29, 0.717) is 10.8 Å². The number of pyridine rings is 1. The van der Waals surface area contributed by atoms with Gasteiger partial charge in [0.05, 0.1) is 0 Å². The highest BCUT2D eigenvalue weighted by atomic mass is 16.1. The number of allylic oxidation sites excluding steroid dienone is 4. The zero-order valence-electron chi connectivity index (χ0n) is 13.4. The molecular formula is C20H25NO. The summed E-state index contributed by atoms with van der Waals surface area (Å²) in [5, 5.41) is 0. The molecule has 116 valence electrons. The van der Waals surface area contributed by atoms with Gasteiger partial charge in [-0.1, -0.05) is 42.7 Å². The molecule has 0 aliphatic heterocycles. The summed E-state index contributed by atoms with van der Waals surface area (Å²) in [6.07, 6.45) is 17.1. The first kappa shape index (κ1) is 14.0. The van der Waals surface area contributed by atoms with E-state index < -0.39 is 0 Å². The van der Waals surface area contributed by atoms with Crippen molar-refractivity contribution in [2.75, 3.05) is 0 Å². The molecule has 0 bridgehead atoms. The highest BCUT2D eigenvalue weighted by Crippen LogP contribution is 2.72. The lowest BCUT2D eigenvalue weighted by atomic mass is 9.66. The smallest absolute Gasteiger partial charge is 0.250 e. The normalized spacial score (nSPS) is 31.7. The van der Waals surface area contributed by atoms with Gasteiger partial charge in [0.15, 0.2) is 0 Å². The number of nitrogens with zero attached hydrogens (tertiary/aromatic N) is 1. The van der Waals surface area contributed by atoms with Crippen LogP contribution in [-0.4, -0.2) is 4.57 Å². The molecular weight excluding hydrogens is 270 g/mol. The summed E-state index contributed by atoms with van der Waals surface area (Å²) >= 11 is 0. The van der Waals surface area contributed by atoms with Crippen molar-refractivity contribution < 1.29 is 0 Å². The van der Waals surface area contributed by atoms with Gasteiger partial charge in [-0.25, -0.2) is 0 Å². The Hall–Kier alpha value is -1.57. The van der Waals surface area contributed by atoms with E-state index in [9.17, 15) is 4.79 Å². The summed E-state index contributed by atoms with van der Waals surface area (Å²) in [6, 6.07) is 5.47. The van der Waals surface area contributed by atoms with E-state index in [1.807, 2.05) is 22.9 Å². The third-order valence-electron chi connectivity index (χ3n) is 6.45. The van der Waals surface area contributed by atoms with Gasteiger partial charge in [0.1, 0.15) is 0 Å². The van der Waals surface area contributed by atoms with Gasteiger partial charge >= 0.3 is 0 Å². The molecule has 2 nitrogen and oxygen atoms in total. The van der Waals surface area contributed by atoms with Crippen LogP contribution in [0.25, 0.3) is 0 Å². The Bertz CT molecular complexity index is 690. The second kappa shape index (κ2) is 4.97. The molecule has 1 aromatic rings. The lowest BCUT2D eigenvalue weighted by molar-refractivity contribution is 0.147. The van der Waals surface area contributed by atoms with E-state index in [1.165, 1.54) is 37.7 Å².